The van der Waals surface area contributed by atoms with Gasteiger partial charge in [0.15, 0.2) is 0 Å². The minimum atomic E-state index is 0.167. The van der Waals surface area contributed by atoms with Crippen LogP contribution in [0.5, 0.6) is 0 Å². The van der Waals surface area contributed by atoms with Gasteiger partial charge in [0, 0.05) is 6.61 Å². The number of Topliss-reactive ketones (excluding diaryl/α,β-unsaturated/α-hetero) is 1. The molecular formula is C12H20O2. The van der Waals surface area contributed by atoms with E-state index in [1.54, 1.807) is 6.92 Å². The Morgan fingerprint density at radius 2 is 1.93 bits per heavy atom. The maximum atomic E-state index is 9.44. The van der Waals surface area contributed by atoms with Crippen molar-refractivity contribution in [2.24, 2.45) is 0 Å². The molecule has 0 aromatic rings. The third-order valence-electron chi connectivity index (χ3n) is 0.959. The molecule has 80 valence electrons. The summed E-state index contributed by atoms with van der Waals surface area (Å²) in [5.41, 5.74) is 1.20. The van der Waals surface area contributed by atoms with Gasteiger partial charge in [-0.2, -0.15) is 0 Å². The smallest absolute Gasteiger partial charge is 0.126 e. The molecule has 2 heteroatoms. The summed E-state index contributed by atoms with van der Waals surface area (Å²) < 4.78 is 0. The lowest BCUT2D eigenvalue weighted by Crippen LogP contribution is -1.74. The second kappa shape index (κ2) is 11.8. The lowest BCUT2D eigenvalue weighted by Gasteiger charge is -1.94. The van der Waals surface area contributed by atoms with Gasteiger partial charge in [0.05, 0.1) is 0 Å². The summed E-state index contributed by atoms with van der Waals surface area (Å²) in [4.78, 5) is 9.44. The Labute approximate surface area is 86.6 Å². The molecule has 2 nitrogen and oxygen atoms in total. The van der Waals surface area contributed by atoms with Gasteiger partial charge in [-0.05, 0) is 27.2 Å². The number of carbonyl (C=O) groups is 1. The molecule has 0 saturated heterocycles. The Morgan fingerprint density at radius 1 is 1.50 bits per heavy atom. The van der Waals surface area contributed by atoms with Crippen molar-refractivity contribution in [1.29, 1.82) is 0 Å². The van der Waals surface area contributed by atoms with Gasteiger partial charge < -0.3 is 9.90 Å². The first-order valence-electron chi connectivity index (χ1n) is 4.63. The number of rotatable bonds is 0. The van der Waals surface area contributed by atoms with Crippen LogP contribution in [0.15, 0.2) is 36.5 Å². The van der Waals surface area contributed by atoms with Crippen LogP contribution < -0.4 is 0 Å². The number of aliphatic hydroxyl groups is 1. The van der Waals surface area contributed by atoms with E-state index in [0.29, 0.717) is 0 Å². The lowest BCUT2D eigenvalue weighted by molar-refractivity contribution is -0.114. The largest absolute Gasteiger partial charge is 0.397 e. The quantitative estimate of drug-likeness (QED) is 0.646. The van der Waals surface area contributed by atoms with Crippen LogP contribution >= 0.6 is 0 Å². The zero-order valence-corrected chi connectivity index (χ0v) is 9.29. The number of hydrogen-bond donors (Lipinski definition) is 1. The highest BCUT2D eigenvalue weighted by Crippen LogP contribution is 2.05. The molecule has 14 heavy (non-hydrogen) atoms. The molecule has 0 fully saturated rings. The second-order valence-corrected chi connectivity index (χ2v) is 2.87. The summed E-state index contributed by atoms with van der Waals surface area (Å²) >= 11 is 0. The van der Waals surface area contributed by atoms with Crippen LogP contribution in [0.4, 0.5) is 0 Å². The summed E-state index contributed by atoms with van der Waals surface area (Å²) in [6.07, 6.45) is 9.19. The van der Waals surface area contributed by atoms with E-state index in [2.05, 4.69) is 12.7 Å². The third-order valence-corrected chi connectivity index (χ3v) is 0.959. The first-order chi connectivity index (χ1) is 6.54. The highest BCUT2D eigenvalue weighted by Gasteiger charge is 1.84. The highest BCUT2D eigenvalue weighted by molar-refractivity contribution is 5.72. The molecule has 0 aromatic heterocycles. The number of aliphatic hydroxyl groups excluding tert-OH is 1. The molecule has 0 bridgehead atoms. The summed E-state index contributed by atoms with van der Waals surface area (Å²) in [7, 11) is 0. The summed E-state index contributed by atoms with van der Waals surface area (Å²) in [6.45, 7) is 8.76. The van der Waals surface area contributed by atoms with Crippen LogP contribution in [-0.4, -0.2) is 17.5 Å². The van der Waals surface area contributed by atoms with Crippen LogP contribution in [-0.2, 0) is 4.79 Å². The molecule has 1 N–H and O–H groups in total. The zero-order valence-electron chi connectivity index (χ0n) is 9.29. The van der Waals surface area contributed by atoms with Gasteiger partial charge in [0.1, 0.15) is 5.78 Å². The fraction of sp³-hybridized carbons (Fsp3) is 0.417. The molecule has 0 heterocycles. The first kappa shape index (κ1) is 15.3. The topological polar surface area (TPSA) is 37.3 Å². The highest BCUT2D eigenvalue weighted by atomic mass is 16.2. The molecule has 0 atom stereocenters. The fourth-order valence-electron chi connectivity index (χ4n) is 0.558. The number of carbonyl (C=O) groups excluding carboxylic acids is 1. The summed E-state index contributed by atoms with van der Waals surface area (Å²) in [5, 5.41) is 7.57. The maximum absolute atomic E-state index is 9.44. The Balaban J connectivity index is 0. The van der Waals surface area contributed by atoms with E-state index in [1.165, 1.54) is 19.4 Å². The van der Waals surface area contributed by atoms with Crippen LogP contribution in [0.1, 0.15) is 27.2 Å². The lowest BCUT2D eigenvalue weighted by atomic mass is 10.1. The summed E-state index contributed by atoms with van der Waals surface area (Å²) in [6, 6.07) is 0. The fourth-order valence-corrected chi connectivity index (χ4v) is 0.558. The number of hydrogen-bond acceptors (Lipinski definition) is 2. The molecule has 0 unspecified atom stereocenters. The Bertz CT molecular complexity index is 208. The van der Waals surface area contributed by atoms with E-state index in [4.69, 9.17) is 5.11 Å². The van der Waals surface area contributed by atoms with Crippen LogP contribution in [0.25, 0.3) is 0 Å². The minimum Gasteiger partial charge on any atom is -0.397 e. The van der Waals surface area contributed by atoms with E-state index in [-0.39, 0.29) is 12.4 Å². The van der Waals surface area contributed by atoms with Gasteiger partial charge in [-0.1, -0.05) is 36.5 Å². The standard InChI is InChI=1S/C7H8.C3H6O.C2H6O/c1-7-5-3-2-4-6-7;1-3(2)4;1-2-3/h2-5H,1,6H2;1-2H3;3H,2H2,1H3. The van der Waals surface area contributed by atoms with Crippen LogP contribution in [0.2, 0.25) is 0 Å². The van der Waals surface area contributed by atoms with Crippen molar-refractivity contribution >= 4 is 5.78 Å². The molecule has 0 amide bonds. The molecule has 1 aliphatic rings. The third kappa shape index (κ3) is 22.4. The molecule has 0 spiro atoms. The molecule has 0 aromatic carbocycles. The van der Waals surface area contributed by atoms with Crippen molar-refractivity contribution in [2.45, 2.75) is 27.2 Å². The van der Waals surface area contributed by atoms with Gasteiger partial charge in [0.2, 0.25) is 0 Å². The predicted molar refractivity (Wildman–Crippen MR) is 61.2 cm³/mol. The molecule has 1 rings (SSSR count). The van der Waals surface area contributed by atoms with Gasteiger partial charge >= 0.3 is 0 Å². The maximum Gasteiger partial charge on any atom is 0.126 e. The van der Waals surface area contributed by atoms with Crippen LogP contribution in [0.3, 0.4) is 0 Å². The number of allylic oxidation sites excluding steroid dienone is 5. The molecule has 0 aliphatic heterocycles. The first-order valence-corrected chi connectivity index (χ1v) is 4.63. The second-order valence-electron chi connectivity index (χ2n) is 2.87. The Morgan fingerprint density at radius 3 is 2.07 bits per heavy atom. The predicted octanol–water partition coefficient (Wildman–Crippen LogP) is 2.65. The van der Waals surface area contributed by atoms with E-state index in [9.17, 15) is 4.79 Å². The molecule has 0 radical (unpaired) electrons. The van der Waals surface area contributed by atoms with Crippen molar-refractivity contribution in [3.05, 3.63) is 36.5 Å². The molecule has 1 aliphatic carbocycles. The van der Waals surface area contributed by atoms with E-state index < -0.39 is 0 Å². The van der Waals surface area contributed by atoms with Gasteiger partial charge in [-0.3, -0.25) is 0 Å². The SMILES string of the molecule is C=C1C=CC=CC1.CC(C)=O.CCO. The van der Waals surface area contributed by atoms with Crippen LogP contribution in [0, 0.1) is 0 Å². The average molecular weight is 196 g/mol. The molecular weight excluding hydrogens is 176 g/mol. The average Bonchev–Trinajstić information content (AvgIpc) is 2.05. The number of ketones is 1. The normalized spacial score (nSPS) is 12.1. The molecule has 0 saturated carbocycles. The van der Waals surface area contributed by atoms with Crippen molar-refractivity contribution in [2.75, 3.05) is 6.61 Å². The van der Waals surface area contributed by atoms with Gasteiger partial charge in [0.25, 0.3) is 0 Å². The Hall–Kier alpha value is -1.15. The minimum absolute atomic E-state index is 0.167. The zero-order chi connectivity index (χ0) is 11.4. The van der Waals surface area contributed by atoms with Gasteiger partial charge in [-0.15, -0.1) is 0 Å². The summed E-state index contributed by atoms with van der Waals surface area (Å²) in [5.74, 6) is 0.167. The van der Waals surface area contributed by atoms with Gasteiger partial charge in [-0.25, -0.2) is 0 Å². The Kier molecular flexibility index (Phi) is 13.0. The monoisotopic (exact) mass is 196 g/mol. The van der Waals surface area contributed by atoms with E-state index in [1.807, 2.05) is 18.2 Å². The van der Waals surface area contributed by atoms with Crippen molar-refractivity contribution in [3.63, 3.8) is 0 Å². The van der Waals surface area contributed by atoms with Crippen molar-refractivity contribution in [3.8, 4) is 0 Å². The van der Waals surface area contributed by atoms with E-state index in [0.717, 1.165) is 6.42 Å². The van der Waals surface area contributed by atoms with Crippen molar-refractivity contribution in [1.82, 2.24) is 0 Å². The van der Waals surface area contributed by atoms with Crippen molar-refractivity contribution < 1.29 is 9.90 Å². The van der Waals surface area contributed by atoms with E-state index >= 15 is 0 Å².